The van der Waals surface area contributed by atoms with E-state index >= 15 is 0 Å². The SMILES string of the molecule is COc1ccccc1C(=O)/C=C/c1cc(Cl)ccc1OCCN1CCOCC1. The van der Waals surface area contributed by atoms with Gasteiger partial charge in [-0.05, 0) is 42.5 Å². The van der Waals surface area contributed by atoms with Crippen LogP contribution in [0.3, 0.4) is 0 Å². The van der Waals surface area contributed by atoms with Crippen molar-refractivity contribution in [2.45, 2.75) is 0 Å². The van der Waals surface area contributed by atoms with Crippen LogP contribution >= 0.6 is 11.6 Å². The first-order valence-corrected chi connectivity index (χ1v) is 9.63. The molecule has 0 aliphatic carbocycles. The first-order valence-electron chi connectivity index (χ1n) is 9.25. The van der Waals surface area contributed by atoms with E-state index in [9.17, 15) is 4.79 Å². The van der Waals surface area contributed by atoms with E-state index in [2.05, 4.69) is 4.90 Å². The quantitative estimate of drug-likeness (QED) is 0.495. The molecule has 0 spiro atoms. The summed E-state index contributed by atoms with van der Waals surface area (Å²) < 4.78 is 16.6. The normalized spacial score (nSPS) is 14.9. The van der Waals surface area contributed by atoms with E-state index in [1.54, 1.807) is 37.5 Å². The van der Waals surface area contributed by atoms with Gasteiger partial charge < -0.3 is 14.2 Å². The second kappa shape index (κ2) is 10.3. The zero-order chi connectivity index (χ0) is 19.8. The lowest BCUT2D eigenvalue weighted by Gasteiger charge is -2.26. The maximum Gasteiger partial charge on any atom is 0.189 e. The summed E-state index contributed by atoms with van der Waals surface area (Å²) in [4.78, 5) is 14.9. The number of allylic oxidation sites excluding steroid dienone is 1. The molecule has 0 unspecified atom stereocenters. The van der Waals surface area contributed by atoms with Crippen molar-refractivity contribution in [3.05, 3.63) is 64.7 Å². The lowest BCUT2D eigenvalue weighted by atomic mass is 10.1. The summed E-state index contributed by atoms with van der Waals surface area (Å²) in [5, 5.41) is 0.588. The lowest BCUT2D eigenvalue weighted by molar-refractivity contribution is 0.0322. The Labute approximate surface area is 170 Å². The van der Waals surface area contributed by atoms with Crippen LogP contribution in [0.5, 0.6) is 11.5 Å². The standard InChI is InChI=1S/C22H24ClNO4/c1-26-22-5-3-2-4-19(22)20(25)8-6-17-16-18(23)7-9-21(17)28-15-12-24-10-13-27-14-11-24/h2-9,16H,10-15H2,1H3/b8-6+. The van der Waals surface area contributed by atoms with Gasteiger partial charge in [-0.1, -0.05) is 23.7 Å². The second-order valence-electron chi connectivity index (χ2n) is 6.38. The highest BCUT2D eigenvalue weighted by molar-refractivity contribution is 6.30. The highest BCUT2D eigenvalue weighted by Gasteiger charge is 2.11. The summed E-state index contributed by atoms with van der Waals surface area (Å²) in [6.07, 6.45) is 3.24. The monoisotopic (exact) mass is 401 g/mol. The average Bonchev–Trinajstić information content (AvgIpc) is 2.74. The number of benzene rings is 2. The summed E-state index contributed by atoms with van der Waals surface area (Å²) in [6.45, 7) is 4.76. The molecular formula is C22H24ClNO4. The summed E-state index contributed by atoms with van der Waals surface area (Å²) in [5.74, 6) is 1.10. The Morgan fingerprint density at radius 3 is 2.75 bits per heavy atom. The number of ether oxygens (including phenoxy) is 3. The molecule has 0 aromatic heterocycles. The molecule has 2 aromatic carbocycles. The maximum absolute atomic E-state index is 12.6. The van der Waals surface area contributed by atoms with Gasteiger partial charge in [-0.15, -0.1) is 0 Å². The molecule has 5 nitrogen and oxygen atoms in total. The zero-order valence-electron chi connectivity index (χ0n) is 15.9. The van der Waals surface area contributed by atoms with Crippen LogP contribution in [0, 0.1) is 0 Å². The van der Waals surface area contributed by atoms with Crippen molar-refractivity contribution < 1.29 is 19.0 Å². The molecule has 1 fully saturated rings. The topological polar surface area (TPSA) is 48.0 Å². The van der Waals surface area contributed by atoms with Gasteiger partial charge in [0, 0.05) is 30.2 Å². The number of halogens is 1. The Morgan fingerprint density at radius 2 is 1.96 bits per heavy atom. The number of carbonyl (C=O) groups is 1. The number of carbonyl (C=O) groups excluding carboxylic acids is 1. The molecule has 0 saturated carbocycles. The van der Waals surface area contributed by atoms with Gasteiger partial charge in [0.2, 0.25) is 0 Å². The largest absolute Gasteiger partial charge is 0.496 e. The molecule has 0 amide bonds. The summed E-state index contributed by atoms with van der Waals surface area (Å²) in [7, 11) is 1.55. The molecule has 6 heteroatoms. The fourth-order valence-corrected chi connectivity index (χ4v) is 3.17. The van der Waals surface area contributed by atoms with Gasteiger partial charge in [-0.25, -0.2) is 0 Å². The molecule has 1 aliphatic rings. The van der Waals surface area contributed by atoms with Crippen molar-refractivity contribution in [1.29, 1.82) is 0 Å². The molecular weight excluding hydrogens is 378 g/mol. The highest BCUT2D eigenvalue weighted by atomic mass is 35.5. The zero-order valence-corrected chi connectivity index (χ0v) is 16.7. The van der Waals surface area contributed by atoms with E-state index in [1.165, 1.54) is 6.08 Å². The molecule has 0 N–H and O–H groups in total. The van der Waals surface area contributed by atoms with Crippen LogP contribution in [-0.2, 0) is 4.74 Å². The van der Waals surface area contributed by atoms with E-state index < -0.39 is 0 Å². The molecule has 148 valence electrons. The van der Waals surface area contributed by atoms with Crippen molar-refractivity contribution in [3.63, 3.8) is 0 Å². The molecule has 1 heterocycles. The third-order valence-electron chi connectivity index (χ3n) is 4.53. The van der Waals surface area contributed by atoms with Crippen molar-refractivity contribution in [1.82, 2.24) is 4.90 Å². The van der Waals surface area contributed by atoms with Crippen LogP contribution in [0.15, 0.2) is 48.5 Å². The number of ketones is 1. The number of nitrogens with zero attached hydrogens (tertiary/aromatic N) is 1. The number of hydrogen-bond donors (Lipinski definition) is 0. The third-order valence-corrected chi connectivity index (χ3v) is 4.76. The Bertz CT molecular complexity index is 831. The predicted octanol–water partition coefficient (Wildman–Crippen LogP) is 3.96. The minimum Gasteiger partial charge on any atom is -0.496 e. The van der Waals surface area contributed by atoms with E-state index in [0.717, 1.165) is 38.4 Å². The average molecular weight is 402 g/mol. The van der Waals surface area contributed by atoms with Crippen molar-refractivity contribution in [2.75, 3.05) is 46.6 Å². The number of hydrogen-bond acceptors (Lipinski definition) is 5. The Kier molecular flexibility index (Phi) is 7.48. The first kappa shape index (κ1) is 20.4. The number of morpholine rings is 1. The number of methoxy groups -OCH3 is 1. The molecule has 0 atom stereocenters. The van der Waals surface area contributed by atoms with Gasteiger partial charge in [-0.2, -0.15) is 0 Å². The molecule has 1 saturated heterocycles. The fraction of sp³-hybridized carbons (Fsp3) is 0.318. The summed E-state index contributed by atoms with van der Waals surface area (Å²) in [6, 6.07) is 12.5. The smallest absolute Gasteiger partial charge is 0.189 e. The highest BCUT2D eigenvalue weighted by Crippen LogP contribution is 2.25. The second-order valence-corrected chi connectivity index (χ2v) is 6.82. The van der Waals surface area contributed by atoms with E-state index in [1.807, 2.05) is 18.2 Å². The molecule has 28 heavy (non-hydrogen) atoms. The number of para-hydroxylation sites is 1. The first-order chi connectivity index (χ1) is 13.7. The Hall–Kier alpha value is -2.34. The minimum absolute atomic E-state index is 0.142. The van der Waals surface area contributed by atoms with Crippen LogP contribution < -0.4 is 9.47 Å². The molecule has 3 rings (SSSR count). The molecule has 2 aromatic rings. The van der Waals surface area contributed by atoms with Crippen molar-refractivity contribution in [2.24, 2.45) is 0 Å². The van der Waals surface area contributed by atoms with Gasteiger partial charge in [0.05, 0.1) is 25.9 Å². The Morgan fingerprint density at radius 1 is 1.18 bits per heavy atom. The van der Waals surface area contributed by atoms with E-state index in [4.69, 9.17) is 25.8 Å². The lowest BCUT2D eigenvalue weighted by Crippen LogP contribution is -2.38. The molecule has 1 aliphatic heterocycles. The van der Waals surface area contributed by atoms with Crippen LogP contribution in [-0.4, -0.2) is 57.2 Å². The summed E-state index contributed by atoms with van der Waals surface area (Å²) >= 11 is 6.14. The maximum atomic E-state index is 12.6. The van der Waals surface area contributed by atoms with Gasteiger partial charge in [0.25, 0.3) is 0 Å². The van der Waals surface area contributed by atoms with Crippen LogP contribution in [0.1, 0.15) is 15.9 Å². The molecule has 0 radical (unpaired) electrons. The van der Waals surface area contributed by atoms with Gasteiger partial charge in [0.15, 0.2) is 5.78 Å². The van der Waals surface area contributed by atoms with E-state index in [0.29, 0.717) is 28.7 Å². The van der Waals surface area contributed by atoms with E-state index in [-0.39, 0.29) is 5.78 Å². The van der Waals surface area contributed by atoms with Gasteiger partial charge >= 0.3 is 0 Å². The third kappa shape index (κ3) is 5.58. The number of rotatable bonds is 8. The van der Waals surface area contributed by atoms with Gasteiger partial charge in [-0.3, -0.25) is 9.69 Å². The van der Waals surface area contributed by atoms with Gasteiger partial charge in [0.1, 0.15) is 18.1 Å². The van der Waals surface area contributed by atoms with Crippen molar-refractivity contribution >= 4 is 23.5 Å². The fourth-order valence-electron chi connectivity index (χ4n) is 2.99. The van der Waals surface area contributed by atoms with Crippen LogP contribution in [0.25, 0.3) is 6.08 Å². The Balaban J connectivity index is 1.67. The van der Waals surface area contributed by atoms with Crippen molar-refractivity contribution in [3.8, 4) is 11.5 Å². The van der Waals surface area contributed by atoms with Crippen LogP contribution in [0.4, 0.5) is 0 Å². The molecule has 0 bridgehead atoms. The predicted molar refractivity (Wildman–Crippen MR) is 111 cm³/mol. The van der Waals surface area contributed by atoms with Crippen LogP contribution in [0.2, 0.25) is 5.02 Å². The summed E-state index contributed by atoms with van der Waals surface area (Å²) in [5.41, 5.74) is 1.27. The minimum atomic E-state index is -0.142.